The van der Waals surface area contributed by atoms with E-state index in [0.717, 1.165) is 28.4 Å². The quantitative estimate of drug-likeness (QED) is 0.907. The number of fused-ring (bicyclic) bond motifs is 1. The maximum atomic E-state index is 12.8. The van der Waals surface area contributed by atoms with Crippen LogP contribution in [0.25, 0.3) is 10.2 Å². The first kappa shape index (κ1) is 15.6. The van der Waals surface area contributed by atoms with Crippen molar-refractivity contribution in [2.45, 2.75) is 44.1 Å². The molecule has 0 saturated heterocycles. The number of amides is 1. The van der Waals surface area contributed by atoms with E-state index in [1.54, 1.807) is 11.3 Å². The number of carbonyl (C=O) groups is 1. The van der Waals surface area contributed by atoms with E-state index in [9.17, 15) is 4.79 Å². The Morgan fingerprint density at radius 2 is 1.84 bits per heavy atom. The predicted molar refractivity (Wildman–Crippen MR) is 102 cm³/mol. The molecular formula is C20H25N3OS. The molecule has 4 nitrogen and oxygen atoms in total. The van der Waals surface area contributed by atoms with E-state index in [1.165, 1.54) is 43.2 Å². The summed E-state index contributed by atoms with van der Waals surface area (Å²) < 4.78 is 1.17. The number of aromatic nitrogens is 1. The van der Waals surface area contributed by atoms with E-state index in [0.29, 0.717) is 6.54 Å². The molecule has 5 heteroatoms. The van der Waals surface area contributed by atoms with Crippen LogP contribution in [0.3, 0.4) is 0 Å². The van der Waals surface area contributed by atoms with Crippen LogP contribution in [-0.4, -0.2) is 30.0 Å². The maximum Gasteiger partial charge on any atom is 0.240 e. The van der Waals surface area contributed by atoms with E-state index in [4.69, 9.17) is 0 Å². The number of hydrogen-bond donors (Lipinski definition) is 1. The van der Waals surface area contributed by atoms with E-state index >= 15 is 0 Å². The Hall–Kier alpha value is -1.62. The summed E-state index contributed by atoms with van der Waals surface area (Å²) in [6, 6.07) is 8.15. The van der Waals surface area contributed by atoms with Crippen LogP contribution in [0.5, 0.6) is 0 Å². The summed E-state index contributed by atoms with van der Waals surface area (Å²) in [7, 11) is 1.97. The molecule has 6 rings (SSSR count). The standard InChI is InChI=1S/C20H25N3OS/c1-23(19-21-16-4-2-3-5-17(16)25-19)12-18(24)22-20-9-13-6-14(10-20)8-15(7-13)11-20/h2-5,13-15H,6-12H2,1H3,(H,22,24). The highest BCUT2D eigenvalue weighted by atomic mass is 32.1. The van der Waals surface area contributed by atoms with Crippen LogP contribution in [-0.2, 0) is 4.79 Å². The Labute approximate surface area is 152 Å². The fourth-order valence-electron chi connectivity index (χ4n) is 5.91. The summed E-state index contributed by atoms with van der Waals surface area (Å²) in [5, 5.41) is 4.37. The molecule has 4 bridgehead atoms. The molecule has 4 fully saturated rings. The number of rotatable bonds is 4. The highest BCUT2D eigenvalue weighted by molar-refractivity contribution is 7.22. The monoisotopic (exact) mass is 355 g/mol. The molecule has 1 aromatic heterocycles. The lowest BCUT2D eigenvalue weighted by molar-refractivity contribution is -0.125. The molecule has 25 heavy (non-hydrogen) atoms. The van der Waals surface area contributed by atoms with Crippen LogP contribution < -0.4 is 10.2 Å². The molecule has 0 aliphatic heterocycles. The molecule has 1 aromatic carbocycles. The third kappa shape index (κ3) is 2.82. The normalized spacial score (nSPS) is 32.9. The first-order chi connectivity index (χ1) is 12.1. The van der Waals surface area contributed by atoms with Gasteiger partial charge >= 0.3 is 0 Å². The van der Waals surface area contributed by atoms with Gasteiger partial charge in [0, 0.05) is 12.6 Å². The fourth-order valence-corrected chi connectivity index (χ4v) is 6.83. The number of carbonyl (C=O) groups excluding carboxylic acids is 1. The van der Waals surface area contributed by atoms with Crippen LogP contribution in [0.4, 0.5) is 5.13 Å². The Morgan fingerprint density at radius 3 is 2.48 bits per heavy atom. The molecule has 1 amide bonds. The molecule has 1 N–H and O–H groups in total. The molecule has 132 valence electrons. The summed E-state index contributed by atoms with van der Waals surface area (Å²) in [6.07, 6.45) is 7.82. The molecule has 1 heterocycles. The van der Waals surface area contributed by atoms with Crippen molar-refractivity contribution >= 4 is 32.6 Å². The average Bonchev–Trinajstić information content (AvgIpc) is 2.97. The minimum Gasteiger partial charge on any atom is -0.349 e. The molecule has 2 aromatic rings. The third-order valence-corrected chi connectivity index (χ3v) is 7.58. The van der Waals surface area contributed by atoms with Gasteiger partial charge in [0.15, 0.2) is 5.13 Å². The molecule has 0 atom stereocenters. The van der Waals surface area contributed by atoms with Gasteiger partial charge in [-0.05, 0) is 68.4 Å². The van der Waals surface area contributed by atoms with Crippen molar-refractivity contribution in [1.82, 2.24) is 10.3 Å². The summed E-state index contributed by atoms with van der Waals surface area (Å²) in [6.45, 7) is 0.390. The molecular weight excluding hydrogens is 330 g/mol. The summed E-state index contributed by atoms with van der Waals surface area (Å²) in [5.74, 6) is 2.72. The smallest absolute Gasteiger partial charge is 0.240 e. The van der Waals surface area contributed by atoms with Crippen molar-refractivity contribution in [2.24, 2.45) is 17.8 Å². The number of nitrogens with zero attached hydrogens (tertiary/aromatic N) is 2. The summed E-state index contributed by atoms with van der Waals surface area (Å²) >= 11 is 1.65. The number of benzene rings is 1. The van der Waals surface area contributed by atoms with Crippen molar-refractivity contribution in [3.05, 3.63) is 24.3 Å². The zero-order chi connectivity index (χ0) is 17.0. The maximum absolute atomic E-state index is 12.8. The van der Waals surface area contributed by atoms with Crippen molar-refractivity contribution in [3.63, 3.8) is 0 Å². The highest BCUT2D eigenvalue weighted by Crippen LogP contribution is 2.55. The minimum absolute atomic E-state index is 0.0975. The lowest BCUT2D eigenvalue weighted by Crippen LogP contribution is -2.60. The Kier molecular flexibility index (Phi) is 3.56. The van der Waals surface area contributed by atoms with Crippen molar-refractivity contribution in [3.8, 4) is 0 Å². The van der Waals surface area contributed by atoms with Crippen molar-refractivity contribution in [1.29, 1.82) is 0 Å². The van der Waals surface area contributed by atoms with Crippen LogP contribution in [0.2, 0.25) is 0 Å². The molecule has 0 spiro atoms. The number of thiazole rings is 1. The fraction of sp³-hybridized carbons (Fsp3) is 0.600. The predicted octanol–water partition coefficient (Wildman–Crippen LogP) is 3.82. The van der Waals surface area contributed by atoms with E-state index in [-0.39, 0.29) is 11.4 Å². The van der Waals surface area contributed by atoms with Crippen LogP contribution >= 0.6 is 11.3 Å². The van der Waals surface area contributed by atoms with Gasteiger partial charge < -0.3 is 10.2 Å². The molecule has 4 saturated carbocycles. The summed E-state index contributed by atoms with van der Waals surface area (Å²) in [5.41, 5.74) is 1.11. The second kappa shape index (κ2) is 5.70. The number of likely N-dealkylation sites (N-methyl/N-ethyl adjacent to an activating group) is 1. The molecule has 0 unspecified atom stereocenters. The van der Waals surface area contributed by atoms with E-state index in [2.05, 4.69) is 16.4 Å². The average molecular weight is 356 g/mol. The van der Waals surface area contributed by atoms with Crippen molar-refractivity contribution < 1.29 is 4.79 Å². The lowest BCUT2D eigenvalue weighted by Gasteiger charge is -2.57. The van der Waals surface area contributed by atoms with Crippen LogP contribution in [0.15, 0.2) is 24.3 Å². The zero-order valence-electron chi connectivity index (χ0n) is 14.7. The SMILES string of the molecule is CN(CC(=O)NC12CC3CC(CC(C3)C1)C2)c1nc2ccccc2s1. The second-order valence-corrected chi connectivity index (χ2v) is 9.58. The van der Waals surface area contributed by atoms with E-state index in [1.807, 2.05) is 30.1 Å². The first-order valence-corrected chi connectivity index (χ1v) is 10.3. The van der Waals surface area contributed by atoms with Crippen LogP contribution in [0, 0.1) is 17.8 Å². The molecule has 0 radical (unpaired) electrons. The van der Waals surface area contributed by atoms with Gasteiger partial charge in [0.05, 0.1) is 16.8 Å². The van der Waals surface area contributed by atoms with Gasteiger partial charge in [0.25, 0.3) is 0 Å². The van der Waals surface area contributed by atoms with Gasteiger partial charge in [-0.15, -0.1) is 0 Å². The van der Waals surface area contributed by atoms with Gasteiger partial charge in [-0.1, -0.05) is 23.5 Å². The van der Waals surface area contributed by atoms with Gasteiger partial charge in [-0.2, -0.15) is 0 Å². The molecule has 4 aliphatic rings. The number of anilines is 1. The third-order valence-electron chi connectivity index (χ3n) is 6.43. The second-order valence-electron chi connectivity index (χ2n) is 8.57. The molecule has 4 aliphatic carbocycles. The Morgan fingerprint density at radius 1 is 1.20 bits per heavy atom. The van der Waals surface area contributed by atoms with Crippen LogP contribution in [0.1, 0.15) is 38.5 Å². The van der Waals surface area contributed by atoms with Gasteiger partial charge in [0.1, 0.15) is 0 Å². The highest BCUT2D eigenvalue weighted by Gasteiger charge is 2.51. The largest absolute Gasteiger partial charge is 0.349 e. The summed E-state index contributed by atoms with van der Waals surface area (Å²) in [4.78, 5) is 19.4. The van der Waals surface area contributed by atoms with E-state index < -0.39 is 0 Å². The lowest BCUT2D eigenvalue weighted by atomic mass is 9.53. The Bertz CT molecular complexity index is 746. The minimum atomic E-state index is 0.0975. The van der Waals surface area contributed by atoms with Gasteiger partial charge in [-0.3, -0.25) is 4.79 Å². The number of nitrogens with one attached hydrogen (secondary N) is 1. The van der Waals surface area contributed by atoms with Gasteiger partial charge in [0.2, 0.25) is 5.91 Å². The van der Waals surface area contributed by atoms with Crippen molar-refractivity contribution in [2.75, 3.05) is 18.5 Å². The van der Waals surface area contributed by atoms with Gasteiger partial charge in [-0.25, -0.2) is 4.98 Å². The Balaban J connectivity index is 1.27. The first-order valence-electron chi connectivity index (χ1n) is 9.46. The number of para-hydroxylation sites is 1. The number of hydrogen-bond acceptors (Lipinski definition) is 4. The zero-order valence-corrected chi connectivity index (χ0v) is 15.5. The topological polar surface area (TPSA) is 45.2 Å².